The highest BCUT2D eigenvalue weighted by molar-refractivity contribution is 5.98. The largest absolute Gasteiger partial charge is 0.489 e. The van der Waals surface area contributed by atoms with E-state index in [1.807, 2.05) is 32.0 Å². The van der Waals surface area contributed by atoms with E-state index < -0.39 is 0 Å². The van der Waals surface area contributed by atoms with E-state index in [0.717, 1.165) is 24.0 Å². The van der Waals surface area contributed by atoms with E-state index in [-0.39, 0.29) is 12.1 Å². The molecule has 0 saturated carbocycles. The first-order chi connectivity index (χ1) is 16.9. The van der Waals surface area contributed by atoms with Crippen molar-refractivity contribution in [2.45, 2.75) is 51.8 Å². The lowest BCUT2D eigenvalue weighted by molar-refractivity contribution is 0.244. The molecule has 0 aliphatic heterocycles. The Morgan fingerprint density at radius 3 is 2.51 bits per heavy atom. The molecule has 182 valence electrons. The average molecular weight is 470 g/mol. The molecule has 0 aromatic heterocycles. The number of anilines is 1. The highest BCUT2D eigenvalue weighted by atomic mass is 16.5. The molecule has 0 bridgehead atoms. The number of hydrogen-bond acceptors (Lipinski definition) is 5. The van der Waals surface area contributed by atoms with Crippen molar-refractivity contribution in [3.63, 3.8) is 0 Å². The average Bonchev–Trinajstić information content (AvgIpc) is 3.26. The van der Waals surface area contributed by atoms with Crippen LogP contribution in [0.3, 0.4) is 0 Å². The quantitative estimate of drug-likeness (QED) is 0.226. The molecule has 0 fully saturated rings. The van der Waals surface area contributed by atoms with E-state index in [4.69, 9.17) is 20.2 Å². The van der Waals surface area contributed by atoms with Gasteiger partial charge in [0.2, 0.25) is 5.90 Å². The van der Waals surface area contributed by atoms with Crippen molar-refractivity contribution >= 4 is 17.3 Å². The number of benzene rings is 3. The normalized spacial score (nSPS) is 16.1. The molecule has 4 rings (SSSR count). The first kappa shape index (κ1) is 24.6. The van der Waals surface area contributed by atoms with Crippen LogP contribution in [-0.4, -0.2) is 19.1 Å². The lowest BCUT2D eigenvalue weighted by atomic mass is 9.99. The third-order valence-electron chi connectivity index (χ3n) is 6.38. The van der Waals surface area contributed by atoms with Crippen LogP contribution >= 0.6 is 0 Å². The maximum absolute atomic E-state index is 6.21. The second kappa shape index (κ2) is 10.8. The zero-order valence-corrected chi connectivity index (χ0v) is 21.0. The molecule has 0 spiro atoms. The predicted octanol–water partition coefficient (Wildman–Crippen LogP) is 6.46. The Bertz CT molecular complexity index is 1220. The number of rotatable bonds is 8. The molecule has 1 aliphatic rings. The van der Waals surface area contributed by atoms with Crippen LogP contribution in [0.4, 0.5) is 5.69 Å². The minimum Gasteiger partial charge on any atom is -0.489 e. The van der Waals surface area contributed by atoms with Gasteiger partial charge in [-0.15, -0.1) is 0 Å². The molecule has 2 atom stereocenters. The summed E-state index contributed by atoms with van der Waals surface area (Å²) in [5.41, 5.74) is 13.2. The molecular formula is C30H35N3O2. The van der Waals surface area contributed by atoms with Crippen LogP contribution in [0.2, 0.25) is 0 Å². The van der Waals surface area contributed by atoms with E-state index in [0.29, 0.717) is 29.1 Å². The highest BCUT2D eigenvalue weighted by Gasteiger charge is 2.26. The van der Waals surface area contributed by atoms with E-state index in [2.05, 4.69) is 67.4 Å². The summed E-state index contributed by atoms with van der Waals surface area (Å²) in [6, 6.07) is 23.1. The monoisotopic (exact) mass is 469 g/mol. The van der Waals surface area contributed by atoms with E-state index in [1.165, 1.54) is 16.7 Å². The minimum absolute atomic E-state index is 0.0488. The first-order valence-corrected chi connectivity index (χ1v) is 12.2. The molecule has 35 heavy (non-hydrogen) atoms. The molecule has 3 N–H and O–H groups in total. The lowest BCUT2D eigenvalue weighted by Gasteiger charge is -2.21. The van der Waals surface area contributed by atoms with Crippen LogP contribution in [0.15, 0.2) is 78.3 Å². The molecule has 3 aromatic carbocycles. The first-order valence-electron chi connectivity index (χ1n) is 12.2. The van der Waals surface area contributed by atoms with Gasteiger partial charge in [0.25, 0.3) is 0 Å². The number of ether oxygens (including phenoxy) is 2. The van der Waals surface area contributed by atoms with Gasteiger partial charge in [-0.25, -0.2) is 4.99 Å². The second-order valence-corrected chi connectivity index (χ2v) is 9.25. The number of hydrogen-bond donors (Lipinski definition) is 2. The molecule has 0 unspecified atom stereocenters. The number of nitrogen functional groups attached to an aromatic ring is 1. The molecule has 3 aromatic rings. The van der Waals surface area contributed by atoms with Crippen molar-refractivity contribution in [2.75, 3.05) is 12.8 Å². The van der Waals surface area contributed by atoms with Gasteiger partial charge in [-0.1, -0.05) is 55.1 Å². The van der Waals surface area contributed by atoms with Gasteiger partial charge in [0.1, 0.15) is 5.75 Å². The van der Waals surface area contributed by atoms with Crippen molar-refractivity contribution < 1.29 is 9.47 Å². The van der Waals surface area contributed by atoms with E-state index in [1.54, 1.807) is 7.11 Å². The number of nitrogens with one attached hydrogen (secondary N) is 1. The topological polar surface area (TPSA) is 68.9 Å². The Kier molecular flexibility index (Phi) is 7.57. The maximum atomic E-state index is 6.21. The minimum atomic E-state index is 0.0488. The molecule has 0 heterocycles. The summed E-state index contributed by atoms with van der Waals surface area (Å²) in [5.74, 6) is 1.13. The summed E-state index contributed by atoms with van der Waals surface area (Å²) in [7, 11) is 1.61. The Balaban J connectivity index is 1.56. The van der Waals surface area contributed by atoms with Crippen molar-refractivity contribution in [2.24, 2.45) is 4.99 Å². The molecule has 0 amide bonds. The van der Waals surface area contributed by atoms with Crippen LogP contribution in [-0.2, 0) is 11.2 Å². The van der Waals surface area contributed by atoms with Crippen molar-refractivity contribution in [3.8, 4) is 5.75 Å². The number of aliphatic imine (C=N–C) groups is 1. The lowest BCUT2D eigenvalue weighted by Crippen LogP contribution is -2.23. The summed E-state index contributed by atoms with van der Waals surface area (Å²) in [6.45, 7) is 10.4. The second-order valence-electron chi connectivity index (χ2n) is 9.25. The van der Waals surface area contributed by atoms with Gasteiger partial charge in [0.15, 0.2) is 0 Å². The number of nitrogens with two attached hydrogens (primary N) is 1. The fraction of sp³-hybridized carbons (Fsp3) is 0.300. The predicted molar refractivity (Wildman–Crippen MR) is 145 cm³/mol. The van der Waals surface area contributed by atoms with E-state index in [9.17, 15) is 0 Å². The summed E-state index contributed by atoms with van der Waals surface area (Å²) in [6.07, 6.45) is 2.08. The van der Waals surface area contributed by atoms with Crippen molar-refractivity contribution in [3.05, 3.63) is 101 Å². The molecule has 5 heteroatoms. The summed E-state index contributed by atoms with van der Waals surface area (Å²) < 4.78 is 11.4. The molecular weight excluding hydrogens is 434 g/mol. The zero-order valence-electron chi connectivity index (χ0n) is 21.0. The Labute approximate surface area is 208 Å². The number of methoxy groups -OCH3 is 1. The molecule has 0 saturated heterocycles. The molecule has 5 nitrogen and oxygen atoms in total. The van der Waals surface area contributed by atoms with Gasteiger partial charge in [-0.3, -0.25) is 0 Å². The SMILES string of the molecule is C=C(/N=C(\OC)c1ccc(OC(C)C)c(N)c1)c1cccc2c1CC[C@@H]2N[C@@H](C)c1ccccc1. The van der Waals surface area contributed by atoms with Gasteiger partial charge in [0.05, 0.1) is 24.6 Å². The smallest absolute Gasteiger partial charge is 0.221 e. The van der Waals surface area contributed by atoms with Crippen LogP contribution in [0.1, 0.15) is 67.1 Å². The zero-order chi connectivity index (χ0) is 24.9. The summed E-state index contributed by atoms with van der Waals surface area (Å²) in [5, 5.41) is 3.80. The molecule has 1 aliphatic carbocycles. The third kappa shape index (κ3) is 5.57. The maximum Gasteiger partial charge on any atom is 0.221 e. The Morgan fingerprint density at radius 2 is 1.83 bits per heavy atom. The van der Waals surface area contributed by atoms with Crippen LogP contribution < -0.4 is 15.8 Å². The molecule has 0 radical (unpaired) electrons. The third-order valence-corrected chi connectivity index (χ3v) is 6.38. The fourth-order valence-corrected chi connectivity index (χ4v) is 4.69. The van der Waals surface area contributed by atoms with Gasteiger partial charge < -0.3 is 20.5 Å². The van der Waals surface area contributed by atoms with Gasteiger partial charge in [0, 0.05) is 23.2 Å². The van der Waals surface area contributed by atoms with Gasteiger partial charge in [-0.2, -0.15) is 0 Å². The summed E-state index contributed by atoms with van der Waals surface area (Å²) in [4.78, 5) is 4.76. The Morgan fingerprint density at radius 1 is 1.06 bits per heavy atom. The van der Waals surface area contributed by atoms with Crippen LogP contribution in [0.5, 0.6) is 5.75 Å². The number of fused-ring (bicyclic) bond motifs is 1. The fourth-order valence-electron chi connectivity index (χ4n) is 4.69. The summed E-state index contributed by atoms with van der Waals surface area (Å²) >= 11 is 0. The van der Waals surface area contributed by atoms with Crippen LogP contribution in [0.25, 0.3) is 5.70 Å². The standard InChI is InChI=1S/C30H35N3O2/c1-19(2)35-29-17-14-23(18-27(29)31)30(34-5)33-21(4)24-12-9-13-26-25(24)15-16-28(26)32-20(3)22-10-7-6-8-11-22/h6-14,17-20,28,32H,4,15-16,31H2,1-3,5H3/b33-30-/t20-,28-/m0/s1. The van der Waals surface area contributed by atoms with Gasteiger partial charge in [-0.05, 0) is 68.5 Å². The van der Waals surface area contributed by atoms with E-state index >= 15 is 0 Å². The van der Waals surface area contributed by atoms with Crippen molar-refractivity contribution in [1.29, 1.82) is 0 Å². The van der Waals surface area contributed by atoms with Gasteiger partial charge >= 0.3 is 0 Å². The Hall–Kier alpha value is -3.57. The van der Waals surface area contributed by atoms with Crippen molar-refractivity contribution in [1.82, 2.24) is 5.32 Å². The van der Waals surface area contributed by atoms with Crippen LogP contribution in [0, 0.1) is 0 Å². The highest BCUT2D eigenvalue weighted by Crippen LogP contribution is 2.37. The number of nitrogens with zero attached hydrogens (tertiary/aromatic N) is 1.